The lowest BCUT2D eigenvalue weighted by atomic mass is 10.1. The number of unbranched alkanes of at least 4 members (excludes halogenated alkanes) is 5. The van der Waals surface area contributed by atoms with Crippen molar-refractivity contribution in [3.8, 4) is 0 Å². The van der Waals surface area contributed by atoms with E-state index < -0.39 is 18.1 Å². The first-order chi connectivity index (χ1) is 7.59. The first-order valence-electron chi connectivity index (χ1n) is 6.40. The molecule has 0 radical (unpaired) electrons. The Balaban J connectivity index is 3.34. The summed E-state index contributed by atoms with van der Waals surface area (Å²) in [5, 5.41) is 0. The molecule has 0 aliphatic carbocycles. The molecule has 0 aliphatic rings. The molecule has 0 N–H and O–H groups in total. The standard InChI is InChI=1S/C13H25FO2/c1-4-5-6-7-8-9-10-16-13(15)11(2)12(3)14/h11-12H,4-10H2,1-3H3. The summed E-state index contributed by atoms with van der Waals surface area (Å²) in [6, 6.07) is 0. The molecule has 0 aromatic rings. The molecule has 2 nitrogen and oxygen atoms in total. The number of esters is 1. The zero-order valence-electron chi connectivity index (χ0n) is 10.8. The smallest absolute Gasteiger partial charge is 0.311 e. The van der Waals surface area contributed by atoms with E-state index in [1.807, 2.05) is 0 Å². The topological polar surface area (TPSA) is 26.3 Å². The van der Waals surface area contributed by atoms with E-state index in [-0.39, 0.29) is 0 Å². The molecule has 2 atom stereocenters. The molecule has 0 heterocycles. The molecule has 0 bridgehead atoms. The van der Waals surface area contributed by atoms with Crippen LogP contribution in [0.5, 0.6) is 0 Å². The van der Waals surface area contributed by atoms with E-state index in [1.165, 1.54) is 32.6 Å². The summed E-state index contributed by atoms with van der Waals surface area (Å²) in [5.74, 6) is -1.05. The van der Waals surface area contributed by atoms with Gasteiger partial charge in [0.2, 0.25) is 0 Å². The average Bonchev–Trinajstić information content (AvgIpc) is 2.26. The van der Waals surface area contributed by atoms with Crippen molar-refractivity contribution >= 4 is 5.97 Å². The van der Waals surface area contributed by atoms with Crippen molar-refractivity contribution in [2.75, 3.05) is 6.61 Å². The molecule has 0 aromatic heterocycles. The van der Waals surface area contributed by atoms with E-state index in [0.717, 1.165) is 12.8 Å². The maximum Gasteiger partial charge on any atom is 0.311 e. The highest BCUT2D eigenvalue weighted by Gasteiger charge is 2.20. The highest BCUT2D eigenvalue weighted by Crippen LogP contribution is 2.10. The first-order valence-corrected chi connectivity index (χ1v) is 6.40. The summed E-state index contributed by atoms with van der Waals surface area (Å²) in [6.45, 7) is 5.56. The summed E-state index contributed by atoms with van der Waals surface area (Å²) in [7, 11) is 0. The van der Waals surface area contributed by atoms with Gasteiger partial charge in [-0.1, -0.05) is 39.0 Å². The van der Waals surface area contributed by atoms with Gasteiger partial charge >= 0.3 is 5.97 Å². The quantitative estimate of drug-likeness (QED) is 0.445. The highest BCUT2D eigenvalue weighted by molar-refractivity contribution is 5.72. The van der Waals surface area contributed by atoms with E-state index in [2.05, 4.69) is 6.92 Å². The predicted molar refractivity (Wildman–Crippen MR) is 64.1 cm³/mol. The van der Waals surface area contributed by atoms with Crippen LogP contribution in [0.25, 0.3) is 0 Å². The monoisotopic (exact) mass is 232 g/mol. The fourth-order valence-corrected chi connectivity index (χ4v) is 1.37. The molecule has 2 unspecified atom stereocenters. The van der Waals surface area contributed by atoms with Crippen LogP contribution in [0, 0.1) is 5.92 Å². The van der Waals surface area contributed by atoms with Crippen molar-refractivity contribution in [1.82, 2.24) is 0 Å². The number of halogens is 1. The van der Waals surface area contributed by atoms with Crippen LogP contribution in [0.3, 0.4) is 0 Å². The zero-order valence-corrected chi connectivity index (χ0v) is 10.8. The largest absolute Gasteiger partial charge is 0.465 e. The number of carbonyl (C=O) groups is 1. The van der Waals surface area contributed by atoms with Gasteiger partial charge in [-0.05, 0) is 20.3 Å². The Kier molecular flexibility index (Phi) is 9.25. The zero-order chi connectivity index (χ0) is 12.4. The fraction of sp³-hybridized carbons (Fsp3) is 0.923. The lowest BCUT2D eigenvalue weighted by molar-refractivity contribution is -0.150. The Morgan fingerprint density at radius 2 is 1.69 bits per heavy atom. The van der Waals surface area contributed by atoms with Crippen molar-refractivity contribution in [2.24, 2.45) is 5.92 Å². The second-order valence-corrected chi connectivity index (χ2v) is 4.40. The summed E-state index contributed by atoms with van der Waals surface area (Å²) in [5.41, 5.74) is 0. The van der Waals surface area contributed by atoms with Gasteiger partial charge in [0.25, 0.3) is 0 Å². The van der Waals surface area contributed by atoms with Gasteiger partial charge in [-0.15, -0.1) is 0 Å². The Bertz CT molecular complexity index is 181. The maximum absolute atomic E-state index is 12.8. The Labute approximate surface area is 98.6 Å². The van der Waals surface area contributed by atoms with Crippen LogP contribution < -0.4 is 0 Å². The minimum absolute atomic E-state index is 0.413. The maximum atomic E-state index is 12.8. The molecular formula is C13H25FO2. The number of carbonyl (C=O) groups excluding carboxylic acids is 1. The lowest BCUT2D eigenvalue weighted by Crippen LogP contribution is -2.22. The van der Waals surface area contributed by atoms with Gasteiger partial charge in [0.15, 0.2) is 0 Å². The molecule has 16 heavy (non-hydrogen) atoms. The van der Waals surface area contributed by atoms with Crippen LogP contribution in [-0.4, -0.2) is 18.7 Å². The van der Waals surface area contributed by atoms with Gasteiger partial charge in [-0.3, -0.25) is 4.79 Å². The SMILES string of the molecule is CCCCCCCCOC(=O)C(C)C(C)F. The molecule has 0 amide bonds. The van der Waals surface area contributed by atoms with Crippen LogP contribution in [0.1, 0.15) is 59.3 Å². The molecule has 96 valence electrons. The molecule has 0 spiro atoms. The Morgan fingerprint density at radius 1 is 1.12 bits per heavy atom. The van der Waals surface area contributed by atoms with Gasteiger partial charge in [-0.2, -0.15) is 0 Å². The summed E-state index contributed by atoms with van der Waals surface area (Å²) < 4.78 is 17.8. The van der Waals surface area contributed by atoms with Gasteiger partial charge in [0.1, 0.15) is 6.17 Å². The van der Waals surface area contributed by atoms with E-state index >= 15 is 0 Å². The minimum Gasteiger partial charge on any atom is -0.465 e. The molecule has 0 saturated carbocycles. The second-order valence-electron chi connectivity index (χ2n) is 4.40. The van der Waals surface area contributed by atoms with Crippen molar-refractivity contribution in [2.45, 2.75) is 65.5 Å². The van der Waals surface area contributed by atoms with Gasteiger partial charge < -0.3 is 4.74 Å². The van der Waals surface area contributed by atoms with Crippen LogP contribution in [-0.2, 0) is 9.53 Å². The summed E-state index contributed by atoms with van der Waals surface area (Å²) in [6.07, 6.45) is 5.81. The van der Waals surface area contributed by atoms with Crippen LogP contribution in [0.4, 0.5) is 4.39 Å². The Hall–Kier alpha value is -0.600. The third-order valence-corrected chi connectivity index (χ3v) is 2.80. The molecule has 0 aliphatic heterocycles. The van der Waals surface area contributed by atoms with Crippen molar-refractivity contribution in [3.63, 3.8) is 0 Å². The molecule has 0 saturated heterocycles. The van der Waals surface area contributed by atoms with Crippen molar-refractivity contribution in [1.29, 1.82) is 0 Å². The van der Waals surface area contributed by atoms with Gasteiger partial charge in [0.05, 0.1) is 12.5 Å². The van der Waals surface area contributed by atoms with E-state index in [9.17, 15) is 9.18 Å². The summed E-state index contributed by atoms with van der Waals surface area (Å²) >= 11 is 0. The number of alkyl halides is 1. The van der Waals surface area contributed by atoms with E-state index in [1.54, 1.807) is 6.92 Å². The second kappa shape index (κ2) is 9.61. The molecule has 3 heteroatoms. The van der Waals surface area contributed by atoms with E-state index in [0.29, 0.717) is 6.61 Å². The molecule has 0 rings (SSSR count). The molecular weight excluding hydrogens is 207 g/mol. The number of ether oxygens (including phenoxy) is 1. The molecule has 0 fully saturated rings. The lowest BCUT2D eigenvalue weighted by Gasteiger charge is -2.11. The van der Waals surface area contributed by atoms with Crippen LogP contribution in [0.2, 0.25) is 0 Å². The third kappa shape index (κ3) is 7.66. The number of hydrogen-bond donors (Lipinski definition) is 0. The van der Waals surface area contributed by atoms with Crippen molar-refractivity contribution in [3.05, 3.63) is 0 Å². The normalized spacial score (nSPS) is 14.5. The number of rotatable bonds is 9. The third-order valence-electron chi connectivity index (χ3n) is 2.80. The van der Waals surface area contributed by atoms with Gasteiger partial charge in [0, 0.05) is 0 Å². The number of hydrogen-bond acceptors (Lipinski definition) is 2. The van der Waals surface area contributed by atoms with Crippen LogP contribution in [0.15, 0.2) is 0 Å². The predicted octanol–water partition coefficient (Wildman–Crippen LogP) is 3.88. The van der Waals surface area contributed by atoms with E-state index in [4.69, 9.17) is 4.74 Å². The fourth-order valence-electron chi connectivity index (χ4n) is 1.37. The van der Waals surface area contributed by atoms with Crippen molar-refractivity contribution < 1.29 is 13.9 Å². The Morgan fingerprint density at radius 3 is 2.25 bits per heavy atom. The minimum atomic E-state index is -1.13. The van der Waals surface area contributed by atoms with Gasteiger partial charge in [-0.25, -0.2) is 4.39 Å². The average molecular weight is 232 g/mol. The first kappa shape index (κ1) is 15.4. The van der Waals surface area contributed by atoms with Crippen LogP contribution >= 0.6 is 0 Å². The summed E-state index contributed by atoms with van der Waals surface area (Å²) in [4.78, 5) is 11.3. The highest BCUT2D eigenvalue weighted by atomic mass is 19.1. The molecule has 0 aromatic carbocycles.